The summed E-state index contributed by atoms with van der Waals surface area (Å²) in [5, 5.41) is 8.04. The maximum absolute atomic E-state index is 13.0. The van der Waals surface area contributed by atoms with Crippen LogP contribution in [-0.4, -0.2) is 48.3 Å². The van der Waals surface area contributed by atoms with Gasteiger partial charge in [-0.3, -0.25) is 19.2 Å². The van der Waals surface area contributed by atoms with E-state index >= 15 is 0 Å². The van der Waals surface area contributed by atoms with Crippen molar-refractivity contribution in [3.05, 3.63) is 35.9 Å². The minimum atomic E-state index is -0.916. The molecule has 0 radical (unpaired) electrons. The van der Waals surface area contributed by atoms with Crippen molar-refractivity contribution in [3.8, 4) is 0 Å². The van der Waals surface area contributed by atoms with E-state index in [4.69, 9.17) is 11.5 Å². The van der Waals surface area contributed by atoms with Crippen LogP contribution in [-0.2, 0) is 25.6 Å². The lowest BCUT2D eigenvalue weighted by Gasteiger charge is -2.25. The molecule has 32 heavy (non-hydrogen) atoms. The molecule has 0 fully saturated rings. The standard InChI is InChI=1S/C23H37N5O4/c1-15(2)13-20(26-16(3)29)23(32)27-18(11-7-8-12-24)22(31)28-19(21(25)30)14-17-9-5-4-6-10-17/h4-6,9-10,15,18-20H,7-8,11-14,24H2,1-3H3,(H2,25,30)(H,26,29)(H,27,32)(H,28,31)/t18-,19-,20-/m0/s1. The highest BCUT2D eigenvalue weighted by atomic mass is 16.2. The molecule has 1 rings (SSSR count). The van der Waals surface area contributed by atoms with Gasteiger partial charge >= 0.3 is 0 Å². The number of primary amides is 1. The van der Waals surface area contributed by atoms with Crippen LogP contribution in [0.15, 0.2) is 30.3 Å². The van der Waals surface area contributed by atoms with Gasteiger partial charge < -0.3 is 27.4 Å². The normalized spacial score (nSPS) is 13.7. The summed E-state index contributed by atoms with van der Waals surface area (Å²) in [5.41, 5.74) is 11.9. The van der Waals surface area contributed by atoms with Crippen LogP contribution in [0.25, 0.3) is 0 Å². The molecule has 0 unspecified atom stereocenters. The fourth-order valence-corrected chi connectivity index (χ4v) is 3.33. The molecule has 7 N–H and O–H groups in total. The molecule has 0 aromatic heterocycles. The van der Waals surface area contributed by atoms with Gasteiger partial charge in [-0.05, 0) is 43.7 Å². The number of hydrogen-bond donors (Lipinski definition) is 5. The van der Waals surface area contributed by atoms with Gasteiger partial charge in [0.25, 0.3) is 0 Å². The van der Waals surface area contributed by atoms with E-state index in [2.05, 4.69) is 16.0 Å². The maximum Gasteiger partial charge on any atom is 0.243 e. The second-order valence-electron chi connectivity index (χ2n) is 8.38. The zero-order valence-corrected chi connectivity index (χ0v) is 19.2. The molecular formula is C23H37N5O4. The van der Waals surface area contributed by atoms with Crippen LogP contribution in [0, 0.1) is 5.92 Å². The van der Waals surface area contributed by atoms with Gasteiger partial charge in [0.2, 0.25) is 23.6 Å². The topological polar surface area (TPSA) is 156 Å². The van der Waals surface area contributed by atoms with E-state index in [9.17, 15) is 19.2 Å². The molecule has 0 spiro atoms. The highest BCUT2D eigenvalue weighted by Crippen LogP contribution is 2.09. The van der Waals surface area contributed by atoms with Crippen molar-refractivity contribution in [2.24, 2.45) is 17.4 Å². The van der Waals surface area contributed by atoms with Crippen LogP contribution >= 0.6 is 0 Å². The first-order chi connectivity index (χ1) is 15.1. The minimum absolute atomic E-state index is 0.159. The average molecular weight is 448 g/mol. The monoisotopic (exact) mass is 447 g/mol. The number of carbonyl (C=O) groups excluding carboxylic acids is 4. The third-order valence-corrected chi connectivity index (χ3v) is 4.92. The van der Waals surface area contributed by atoms with Crippen LogP contribution in [0.2, 0.25) is 0 Å². The molecule has 9 nitrogen and oxygen atoms in total. The van der Waals surface area contributed by atoms with Gasteiger partial charge in [-0.1, -0.05) is 44.2 Å². The van der Waals surface area contributed by atoms with Gasteiger partial charge in [0.1, 0.15) is 18.1 Å². The molecule has 0 saturated heterocycles. The molecule has 0 aliphatic heterocycles. The molecule has 0 heterocycles. The number of nitrogens with two attached hydrogens (primary N) is 2. The van der Waals surface area contributed by atoms with E-state index < -0.39 is 35.8 Å². The first-order valence-electron chi connectivity index (χ1n) is 11.0. The Morgan fingerprint density at radius 3 is 2.00 bits per heavy atom. The summed E-state index contributed by atoms with van der Waals surface area (Å²) in [6.45, 7) is 5.68. The highest BCUT2D eigenvalue weighted by Gasteiger charge is 2.29. The van der Waals surface area contributed by atoms with Crippen LogP contribution in [0.4, 0.5) is 0 Å². The number of rotatable bonds is 14. The SMILES string of the molecule is CC(=O)N[C@@H](CC(C)C)C(=O)N[C@@H](CCCCN)C(=O)N[C@@H](Cc1ccccc1)C(N)=O. The molecular weight excluding hydrogens is 410 g/mol. The summed E-state index contributed by atoms with van der Waals surface area (Å²) in [6.07, 6.45) is 2.32. The van der Waals surface area contributed by atoms with Crippen LogP contribution in [0.1, 0.15) is 52.0 Å². The highest BCUT2D eigenvalue weighted by molar-refractivity contribution is 5.93. The second-order valence-corrected chi connectivity index (χ2v) is 8.38. The predicted octanol–water partition coefficient (Wildman–Crippen LogP) is 0.364. The van der Waals surface area contributed by atoms with Crippen molar-refractivity contribution in [3.63, 3.8) is 0 Å². The van der Waals surface area contributed by atoms with Crippen molar-refractivity contribution in [2.75, 3.05) is 6.54 Å². The molecule has 4 amide bonds. The summed E-state index contributed by atoms with van der Waals surface area (Å²) in [7, 11) is 0. The van der Waals surface area contributed by atoms with Crippen LogP contribution in [0.3, 0.4) is 0 Å². The molecule has 0 saturated carbocycles. The maximum atomic E-state index is 13.0. The molecule has 0 aliphatic carbocycles. The van der Waals surface area contributed by atoms with Gasteiger partial charge in [0.05, 0.1) is 0 Å². The van der Waals surface area contributed by atoms with E-state index in [1.54, 1.807) is 0 Å². The summed E-state index contributed by atoms with van der Waals surface area (Å²) >= 11 is 0. The van der Waals surface area contributed by atoms with Crippen molar-refractivity contribution >= 4 is 23.6 Å². The smallest absolute Gasteiger partial charge is 0.243 e. The number of unbranched alkanes of at least 4 members (excludes halogenated alkanes) is 1. The fourth-order valence-electron chi connectivity index (χ4n) is 3.33. The summed E-state index contributed by atoms with van der Waals surface area (Å²) in [6, 6.07) is 6.65. The van der Waals surface area contributed by atoms with Crippen LogP contribution < -0.4 is 27.4 Å². The first kappa shape index (κ1) is 27.1. The molecule has 1 aromatic carbocycles. The van der Waals surface area contributed by atoms with E-state index in [0.717, 1.165) is 5.56 Å². The van der Waals surface area contributed by atoms with E-state index in [1.165, 1.54) is 6.92 Å². The third-order valence-electron chi connectivity index (χ3n) is 4.92. The molecule has 0 aliphatic rings. The average Bonchev–Trinajstić information content (AvgIpc) is 2.72. The zero-order chi connectivity index (χ0) is 24.1. The van der Waals surface area contributed by atoms with Crippen LogP contribution in [0.5, 0.6) is 0 Å². The first-order valence-corrected chi connectivity index (χ1v) is 11.0. The lowest BCUT2D eigenvalue weighted by atomic mass is 10.0. The lowest BCUT2D eigenvalue weighted by Crippen LogP contribution is -2.56. The number of nitrogens with one attached hydrogen (secondary N) is 3. The largest absolute Gasteiger partial charge is 0.368 e. The Bertz CT molecular complexity index is 754. The van der Waals surface area contributed by atoms with Gasteiger partial charge in [-0.25, -0.2) is 0 Å². The molecule has 178 valence electrons. The summed E-state index contributed by atoms with van der Waals surface area (Å²) < 4.78 is 0. The third kappa shape index (κ3) is 10.4. The second kappa shape index (κ2) is 14.2. The van der Waals surface area contributed by atoms with Gasteiger partial charge in [-0.2, -0.15) is 0 Å². The number of carbonyl (C=O) groups is 4. The number of amides is 4. The van der Waals surface area contributed by atoms with Crippen molar-refractivity contribution in [1.29, 1.82) is 0 Å². The Kier molecular flexibility index (Phi) is 12.0. The molecule has 1 aromatic rings. The van der Waals surface area contributed by atoms with E-state index in [0.29, 0.717) is 32.2 Å². The number of benzene rings is 1. The summed E-state index contributed by atoms with van der Waals surface area (Å²) in [5.74, 6) is -1.77. The molecule has 9 heteroatoms. The Labute approximate surface area is 190 Å². The predicted molar refractivity (Wildman–Crippen MR) is 123 cm³/mol. The quantitative estimate of drug-likeness (QED) is 0.260. The van der Waals surface area contributed by atoms with Gasteiger partial charge in [0.15, 0.2) is 0 Å². The lowest BCUT2D eigenvalue weighted by molar-refractivity contribution is -0.133. The van der Waals surface area contributed by atoms with Crippen molar-refractivity contribution in [2.45, 2.75) is 71.0 Å². The summed E-state index contributed by atoms with van der Waals surface area (Å²) in [4.78, 5) is 49.3. The van der Waals surface area contributed by atoms with Gasteiger partial charge in [-0.15, -0.1) is 0 Å². The van der Waals surface area contributed by atoms with E-state index in [-0.39, 0.29) is 18.2 Å². The molecule has 0 bridgehead atoms. The number of hydrogen-bond acceptors (Lipinski definition) is 5. The Morgan fingerprint density at radius 2 is 1.47 bits per heavy atom. The van der Waals surface area contributed by atoms with Crippen molar-refractivity contribution in [1.82, 2.24) is 16.0 Å². The van der Waals surface area contributed by atoms with Gasteiger partial charge in [0, 0.05) is 13.3 Å². The van der Waals surface area contributed by atoms with Crippen molar-refractivity contribution < 1.29 is 19.2 Å². The zero-order valence-electron chi connectivity index (χ0n) is 19.2. The molecule has 3 atom stereocenters. The Morgan fingerprint density at radius 1 is 0.875 bits per heavy atom. The fraction of sp³-hybridized carbons (Fsp3) is 0.565. The van der Waals surface area contributed by atoms with E-state index in [1.807, 2.05) is 44.2 Å². The minimum Gasteiger partial charge on any atom is -0.368 e. The Hall–Kier alpha value is -2.94. The Balaban J connectivity index is 2.93.